The largest absolute Gasteiger partial charge is 0.496 e. The third-order valence-electron chi connectivity index (χ3n) is 4.47. The molecule has 2 rings (SSSR count). The smallest absolute Gasteiger partial charge is 0.236 e. The summed E-state index contributed by atoms with van der Waals surface area (Å²) in [5, 5.41) is 0.0933. The van der Waals surface area contributed by atoms with Crippen molar-refractivity contribution in [1.29, 1.82) is 0 Å². The average molecular weight is 351 g/mol. The first-order valence-electron chi connectivity index (χ1n) is 8.81. The van der Waals surface area contributed by atoms with Crippen LogP contribution in [-0.4, -0.2) is 60.0 Å². The van der Waals surface area contributed by atoms with E-state index in [-0.39, 0.29) is 5.25 Å². The van der Waals surface area contributed by atoms with Crippen LogP contribution in [0.1, 0.15) is 26.3 Å². The molecule has 1 fully saturated rings. The maximum absolute atomic E-state index is 12.8. The number of hydrogen-bond donors (Lipinski definition) is 0. The summed E-state index contributed by atoms with van der Waals surface area (Å²) in [5.41, 5.74) is 1.21. The maximum Gasteiger partial charge on any atom is 0.236 e. The van der Waals surface area contributed by atoms with E-state index >= 15 is 0 Å². The Morgan fingerprint density at radius 2 is 1.88 bits per heavy atom. The summed E-state index contributed by atoms with van der Waals surface area (Å²) >= 11 is 1.77. The molecule has 5 heteroatoms. The summed E-state index contributed by atoms with van der Waals surface area (Å²) in [6.07, 6.45) is 0. The third-order valence-corrected chi connectivity index (χ3v) is 5.90. The van der Waals surface area contributed by atoms with E-state index in [0.717, 1.165) is 44.2 Å². The quantitative estimate of drug-likeness (QED) is 0.756. The zero-order valence-corrected chi connectivity index (χ0v) is 16.1. The van der Waals surface area contributed by atoms with Gasteiger partial charge < -0.3 is 9.64 Å². The van der Waals surface area contributed by atoms with Crippen molar-refractivity contribution >= 4 is 17.7 Å². The predicted molar refractivity (Wildman–Crippen MR) is 102 cm³/mol. The van der Waals surface area contributed by atoms with Crippen LogP contribution in [0.3, 0.4) is 0 Å². The summed E-state index contributed by atoms with van der Waals surface area (Å²) in [6, 6.07) is 8.16. The van der Waals surface area contributed by atoms with E-state index in [1.165, 1.54) is 5.56 Å². The van der Waals surface area contributed by atoms with Gasteiger partial charge in [0.05, 0.1) is 12.4 Å². The molecule has 0 radical (unpaired) electrons. The van der Waals surface area contributed by atoms with Crippen LogP contribution in [0.15, 0.2) is 24.3 Å². The molecule has 0 spiro atoms. The molecule has 0 bridgehead atoms. The van der Waals surface area contributed by atoms with E-state index in [1.54, 1.807) is 18.9 Å². The van der Waals surface area contributed by atoms with E-state index < -0.39 is 0 Å². The van der Waals surface area contributed by atoms with Crippen molar-refractivity contribution in [2.45, 2.75) is 32.6 Å². The first-order chi connectivity index (χ1) is 11.6. The van der Waals surface area contributed by atoms with Gasteiger partial charge in [0.15, 0.2) is 0 Å². The number of methoxy groups -OCH3 is 1. The van der Waals surface area contributed by atoms with Crippen molar-refractivity contribution in [2.24, 2.45) is 5.92 Å². The lowest BCUT2D eigenvalue weighted by Gasteiger charge is -2.37. The monoisotopic (exact) mass is 350 g/mol. The summed E-state index contributed by atoms with van der Waals surface area (Å²) < 4.78 is 5.44. The summed E-state index contributed by atoms with van der Waals surface area (Å²) in [5.74, 6) is 2.63. The van der Waals surface area contributed by atoms with E-state index in [0.29, 0.717) is 11.8 Å². The fourth-order valence-corrected chi connectivity index (χ4v) is 4.14. The zero-order chi connectivity index (χ0) is 17.5. The van der Waals surface area contributed by atoms with Crippen LogP contribution < -0.4 is 4.74 Å². The number of piperazine rings is 1. The molecule has 0 N–H and O–H groups in total. The number of ether oxygens (including phenoxy) is 1. The fraction of sp³-hybridized carbons (Fsp3) is 0.632. The number of hydrogen-bond acceptors (Lipinski definition) is 4. The van der Waals surface area contributed by atoms with Crippen LogP contribution in [0.4, 0.5) is 0 Å². The van der Waals surface area contributed by atoms with Gasteiger partial charge in [-0.05, 0) is 17.7 Å². The Hall–Kier alpha value is -1.20. The van der Waals surface area contributed by atoms with Crippen molar-refractivity contribution in [3.8, 4) is 5.75 Å². The van der Waals surface area contributed by atoms with Gasteiger partial charge in [0.2, 0.25) is 5.91 Å². The molecule has 1 aliphatic rings. The van der Waals surface area contributed by atoms with Crippen LogP contribution in [0.25, 0.3) is 0 Å². The Morgan fingerprint density at radius 3 is 2.46 bits per heavy atom. The molecular weight excluding hydrogens is 320 g/mol. The fourth-order valence-electron chi connectivity index (χ4n) is 3.11. The molecule has 1 aromatic carbocycles. The molecule has 1 aromatic rings. The SMILES string of the molecule is CCSC(C(=O)N1CCN(Cc2ccccc2OC)CC1)C(C)C. The van der Waals surface area contributed by atoms with Gasteiger partial charge in [-0.3, -0.25) is 9.69 Å². The van der Waals surface area contributed by atoms with Crippen LogP contribution in [0, 0.1) is 5.92 Å². The molecule has 4 nitrogen and oxygen atoms in total. The van der Waals surface area contributed by atoms with Gasteiger partial charge in [0.1, 0.15) is 5.75 Å². The predicted octanol–water partition coefficient (Wildman–Crippen LogP) is 3.12. The second-order valence-corrected chi connectivity index (χ2v) is 7.95. The maximum atomic E-state index is 12.8. The highest BCUT2D eigenvalue weighted by Gasteiger charge is 2.29. The van der Waals surface area contributed by atoms with Crippen LogP contribution in [0.5, 0.6) is 5.75 Å². The van der Waals surface area contributed by atoms with Crippen molar-refractivity contribution in [3.05, 3.63) is 29.8 Å². The van der Waals surface area contributed by atoms with Crippen LogP contribution in [0.2, 0.25) is 0 Å². The summed E-state index contributed by atoms with van der Waals surface area (Å²) in [7, 11) is 1.72. The number of amides is 1. The summed E-state index contributed by atoms with van der Waals surface area (Å²) in [6.45, 7) is 10.8. The van der Waals surface area contributed by atoms with Crippen molar-refractivity contribution in [1.82, 2.24) is 9.80 Å². The number of para-hydroxylation sites is 1. The van der Waals surface area contributed by atoms with Crippen molar-refractivity contribution < 1.29 is 9.53 Å². The van der Waals surface area contributed by atoms with Crippen molar-refractivity contribution in [2.75, 3.05) is 39.0 Å². The van der Waals surface area contributed by atoms with Gasteiger partial charge in [0.25, 0.3) is 0 Å². The highest BCUT2D eigenvalue weighted by atomic mass is 32.2. The van der Waals surface area contributed by atoms with Gasteiger partial charge in [-0.1, -0.05) is 39.0 Å². The molecule has 0 aliphatic carbocycles. The highest BCUT2D eigenvalue weighted by molar-refractivity contribution is 8.00. The van der Waals surface area contributed by atoms with Gasteiger partial charge in [-0.2, -0.15) is 0 Å². The second kappa shape index (κ2) is 9.33. The van der Waals surface area contributed by atoms with E-state index in [4.69, 9.17) is 4.74 Å². The van der Waals surface area contributed by atoms with Crippen LogP contribution in [-0.2, 0) is 11.3 Å². The van der Waals surface area contributed by atoms with Crippen molar-refractivity contribution in [3.63, 3.8) is 0 Å². The van der Waals surface area contributed by atoms with E-state index in [2.05, 4.69) is 31.7 Å². The molecule has 1 unspecified atom stereocenters. The Balaban J connectivity index is 1.90. The Morgan fingerprint density at radius 1 is 1.21 bits per heavy atom. The zero-order valence-electron chi connectivity index (χ0n) is 15.3. The first kappa shape index (κ1) is 19.1. The molecule has 0 aromatic heterocycles. The minimum Gasteiger partial charge on any atom is -0.496 e. The van der Waals surface area contributed by atoms with E-state index in [1.807, 2.05) is 23.1 Å². The molecule has 134 valence electrons. The van der Waals surface area contributed by atoms with E-state index in [9.17, 15) is 4.79 Å². The number of carbonyl (C=O) groups is 1. The number of nitrogens with zero attached hydrogens (tertiary/aromatic N) is 2. The normalized spacial score (nSPS) is 17.1. The Kier molecular flexibility index (Phi) is 7.43. The third kappa shape index (κ3) is 4.90. The molecule has 0 saturated carbocycles. The van der Waals surface area contributed by atoms with Crippen LogP contribution >= 0.6 is 11.8 Å². The van der Waals surface area contributed by atoms with Gasteiger partial charge in [-0.15, -0.1) is 11.8 Å². The first-order valence-corrected chi connectivity index (χ1v) is 9.86. The minimum atomic E-state index is 0.0933. The molecule has 1 atom stereocenters. The second-order valence-electron chi connectivity index (χ2n) is 6.53. The molecule has 1 saturated heterocycles. The average Bonchev–Trinajstić information content (AvgIpc) is 2.60. The number of carbonyl (C=O) groups excluding carboxylic acids is 1. The molecular formula is C19H30N2O2S. The minimum absolute atomic E-state index is 0.0933. The molecule has 1 heterocycles. The Bertz CT molecular complexity index is 528. The lowest BCUT2D eigenvalue weighted by molar-refractivity contribution is -0.133. The molecule has 1 aliphatic heterocycles. The Labute approximate surface area is 150 Å². The lowest BCUT2D eigenvalue weighted by Crippen LogP contribution is -2.51. The standard InChI is InChI=1S/C19H30N2O2S/c1-5-24-18(15(2)3)19(22)21-12-10-20(11-13-21)14-16-8-6-7-9-17(16)23-4/h6-9,15,18H,5,10-14H2,1-4H3. The lowest BCUT2D eigenvalue weighted by atomic mass is 10.1. The number of benzene rings is 1. The number of thioether (sulfide) groups is 1. The summed E-state index contributed by atoms with van der Waals surface area (Å²) in [4.78, 5) is 17.2. The van der Waals surface area contributed by atoms with Gasteiger partial charge in [0, 0.05) is 38.3 Å². The molecule has 24 heavy (non-hydrogen) atoms. The highest BCUT2D eigenvalue weighted by Crippen LogP contribution is 2.23. The van der Waals surface area contributed by atoms with Gasteiger partial charge >= 0.3 is 0 Å². The topological polar surface area (TPSA) is 32.8 Å². The number of rotatable bonds is 7. The molecule has 1 amide bonds. The van der Waals surface area contributed by atoms with Gasteiger partial charge in [-0.25, -0.2) is 0 Å².